The van der Waals surface area contributed by atoms with Crippen LogP contribution in [-0.2, 0) is 9.53 Å². The predicted molar refractivity (Wildman–Crippen MR) is 100.0 cm³/mol. The van der Waals surface area contributed by atoms with Gasteiger partial charge < -0.3 is 20.7 Å². The second-order valence-corrected chi connectivity index (χ2v) is 7.98. The van der Waals surface area contributed by atoms with Crippen molar-refractivity contribution in [3.05, 3.63) is 24.3 Å². The number of hydrogen-bond acceptors (Lipinski definition) is 6. The molecule has 2 aliphatic heterocycles. The van der Waals surface area contributed by atoms with E-state index in [1.54, 1.807) is 11.3 Å². The molecule has 3 N–H and O–H groups in total. The van der Waals surface area contributed by atoms with Crippen molar-refractivity contribution in [2.45, 2.75) is 37.3 Å². The van der Waals surface area contributed by atoms with E-state index in [1.165, 1.54) is 4.70 Å². The van der Waals surface area contributed by atoms with Crippen LogP contribution in [0.2, 0.25) is 0 Å². The minimum Gasteiger partial charge on any atom is -0.381 e. The summed E-state index contributed by atoms with van der Waals surface area (Å²) in [7, 11) is 0. The number of fused-ring (bicyclic) bond motifs is 1. The molecule has 1 aromatic carbocycles. The van der Waals surface area contributed by atoms with Crippen LogP contribution < -0.4 is 16.0 Å². The molecule has 0 bridgehead atoms. The number of carbonyl (C=O) groups is 1. The molecule has 0 radical (unpaired) electrons. The molecule has 1 aromatic heterocycles. The van der Waals surface area contributed by atoms with Crippen LogP contribution in [-0.4, -0.2) is 48.8 Å². The number of benzene rings is 1. The third-order valence-corrected chi connectivity index (χ3v) is 6.32. The topological polar surface area (TPSA) is 80.5 Å². The van der Waals surface area contributed by atoms with Crippen molar-refractivity contribution in [3.8, 4) is 0 Å². The summed E-state index contributed by atoms with van der Waals surface area (Å²) >= 11 is 1.73. The second kappa shape index (κ2) is 6.90. The van der Waals surface area contributed by atoms with Gasteiger partial charge in [0.2, 0.25) is 5.91 Å². The van der Waals surface area contributed by atoms with E-state index in [2.05, 4.69) is 22.3 Å². The van der Waals surface area contributed by atoms with Gasteiger partial charge in [0.25, 0.3) is 0 Å². The first-order valence-corrected chi connectivity index (χ1v) is 9.74. The molecule has 2 saturated heterocycles. The summed E-state index contributed by atoms with van der Waals surface area (Å²) in [5, 5.41) is 4.24. The van der Waals surface area contributed by atoms with Crippen LogP contribution in [0.3, 0.4) is 0 Å². The lowest BCUT2D eigenvalue weighted by molar-refractivity contribution is -0.130. The minimum atomic E-state index is -0.761. The van der Waals surface area contributed by atoms with E-state index >= 15 is 0 Å². The highest BCUT2D eigenvalue weighted by atomic mass is 32.1. The highest BCUT2D eigenvalue weighted by Gasteiger charge is 2.37. The smallest absolute Gasteiger partial charge is 0.240 e. The van der Waals surface area contributed by atoms with Gasteiger partial charge in [-0.2, -0.15) is 0 Å². The number of nitrogens with zero attached hydrogens (tertiary/aromatic N) is 2. The van der Waals surface area contributed by atoms with Crippen LogP contribution in [0, 0.1) is 0 Å². The Bertz CT molecular complexity index is 715. The zero-order valence-electron chi connectivity index (χ0n) is 14.2. The summed E-state index contributed by atoms with van der Waals surface area (Å²) in [6.45, 7) is 2.96. The highest BCUT2D eigenvalue weighted by Crippen LogP contribution is 2.30. The Labute approximate surface area is 151 Å². The van der Waals surface area contributed by atoms with Crippen LogP contribution in [0.5, 0.6) is 0 Å². The van der Waals surface area contributed by atoms with Gasteiger partial charge in [-0.25, -0.2) is 4.98 Å². The lowest BCUT2D eigenvalue weighted by atomic mass is 9.89. The Morgan fingerprint density at radius 1 is 1.28 bits per heavy atom. The van der Waals surface area contributed by atoms with Gasteiger partial charge in [-0.3, -0.25) is 4.79 Å². The third-order valence-electron chi connectivity index (χ3n) is 5.22. The normalized spacial score (nSPS) is 21.4. The number of aromatic nitrogens is 1. The Hall–Kier alpha value is -1.70. The molecule has 0 spiro atoms. The number of anilines is 1. The molecule has 6 nitrogen and oxygen atoms in total. The van der Waals surface area contributed by atoms with E-state index in [1.807, 2.05) is 12.1 Å². The molecular weight excluding hydrogens is 336 g/mol. The molecule has 0 saturated carbocycles. The molecule has 2 aliphatic rings. The molecule has 0 unspecified atom stereocenters. The number of ether oxygens (including phenoxy) is 1. The van der Waals surface area contributed by atoms with Crippen molar-refractivity contribution in [1.82, 2.24) is 10.3 Å². The van der Waals surface area contributed by atoms with Crippen molar-refractivity contribution < 1.29 is 9.53 Å². The minimum absolute atomic E-state index is 0.0192. The molecule has 3 heterocycles. The second-order valence-electron chi connectivity index (χ2n) is 6.97. The fourth-order valence-electron chi connectivity index (χ4n) is 3.50. The van der Waals surface area contributed by atoms with E-state index in [4.69, 9.17) is 15.5 Å². The Morgan fingerprint density at radius 2 is 2.00 bits per heavy atom. The molecule has 4 rings (SSSR count). The molecule has 0 atom stereocenters. The largest absolute Gasteiger partial charge is 0.381 e. The van der Waals surface area contributed by atoms with Crippen LogP contribution in [0.25, 0.3) is 10.2 Å². The first-order valence-electron chi connectivity index (χ1n) is 8.92. The molecule has 25 heavy (non-hydrogen) atoms. The first-order chi connectivity index (χ1) is 12.1. The number of nitrogens with two attached hydrogens (primary N) is 1. The number of piperidine rings is 1. The average molecular weight is 360 g/mol. The van der Waals surface area contributed by atoms with Gasteiger partial charge in [-0.15, -0.1) is 0 Å². The summed E-state index contributed by atoms with van der Waals surface area (Å²) < 4.78 is 6.54. The van der Waals surface area contributed by atoms with Gasteiger partial charge in [0.05, 0.1) is 15.8 Å². The molecular formula is C18H24N4O2S. The first kappa shape index (κ1) is 16.8. The molecule has 2 aromatic rings. The van der Waals surface area contributed by atoms with Gasteiger partial charge in [0.15, 0.2) is 5.13 Å². The quantitative estimate of drug-likeness (QED) is 0.874. The molecule has 134 valence electrons. The SMILES string of the molecule is NC1(C(=O)NC2CCN(c3nc4ccccc4s3)CC2)CCOCC1. The van der Waals surface area contributed by atoms with Crippen molar-refractivity contribution in [1.29, 1.82) is 0 Å². The number of rotatable bonds is 3. The predicted octanol–water partition coefficient (Wildman–Crippen LogP) is 1.89. The van der Waals surface area contributed by atoms with Crippen LogP contribution >= 0.6 is 11.3 Å². The summed E-state index contributed by atoms with van der Waals surface area (Å²) in [6, 6.07) is 8.42. The lowest BCUT2D eigenvalue weighted by Gasteiger charge is -2.36. The number of para-hydroxylation sites is 1. The number of thiazole rings is 1. The van der Waals surface area contributed by atoms with E-state index < -0.39 is 5.54 Å². The van der Waals surface area contributed by atoms with E-state index in [9.17, 15) is 4.79 Å². The fraction of sp³-hybridized carbons (Fsp3) is 0.556. The Kier molecular flexibility index (Phi) is 4.62. The van der Waals surface area contributed by atoms with Crippen molar-refractivity contribution in [2.24, 2.45) is 5.73 Å². The maximum Gasteiger partial charge on any atom is 0.240 e. The maximum absolute atomic E-state index is 12.5. The number of amides is 1. The van der Waals surface area contributed by atoms with Gasteiger partial charge in [0, 0.05) is 32.3 Å². The molecule has 2 fully saturated rings. The van der Waals surface area contributed by atoms with Crippen molar-refractivity contribution in [2.75, 3.05) is 31.2 Å². The Balaban J connectivity index is 1.34. The average Bonchev–Trinajstić information content (AvgIpc) is 3.07. The Morgan fingerprint density at radius 3 is 2.72 bits per heavy atom. The summed E-state index contributed by atoms with van der Waals surface area (Å²) in [4.78, 5) is 19.6. The van der Waals surface area contributed by atoms with Crippen molar-refractivity contribution in [3.63, 3.8) is 0 Å². The summed E-state index contributed by atoms with van der Waals surface area (Å²) in [5.74, 6) is -0.0192. The summed E-state index contributed by atoms with van der Waals surface area (Å²) in [6.07, 6.45) is 3.05. The monoisotopic (exact) mass is 360 g/mol. The summed E-state index contributed by atoms with van der Waals surface area (Å²) in [5.41, 5.74) is 6.57. The molecule has 1 amide bonds. The van der Waals surface area contributed by atoms with Gasteiger partial charge in [-0.05, 0) is 37.8 Å². The van der Waals surface area contributed by atoms with Gasteiger partial charge in [-0.1, -0.05) is 23.5 Å². The zero-order chi connectivity index (χ0) is 17.3. The molecule has 0 aliphatic carbocycles. The lowest BCUT2D eigenvalue weighted by Crippen LogP contribution is -2.59. The number of hydrogen-bond donors (Lipinski definition) is 2. The third kappa shape index (κ3) is 3.49. The van der Waals surface area contributed by atoms with Crippen LogP contribution in [0.15, 0.2) is 24.3 Å². The van der Waals surface area contributed by atoms with E-state index in [0.717, 1.165) is 36.6 Å². The van der Waals surface area contributed by atoms with Crippen LogP contribution in [0.1, 0.15) is 25.7 Å². The van der Waals surface area contributed by atoms with Gasteiger partial charge >= 0.3 is 0 Å². The van der Waals surface area contributed by atoms with Crippen LogP contribution in [0.4, 0.5) is 5.13 Å². The fourth-order valence-corrected chi connectivity index (χ4v) is 4.52. The maximum atomic E-state index is 12.5. The van der Waals surface area contributed by atoms with E-state index in [-0.39, 0.29) is 11.9 Å². The van der Waals surface area contributed by atoms with E-state index in [0.29, 0.717) is 26.1 Å². The standard InChI is InChI=1S/C18H24N4O2S/c19-18(7-11-24-12-8-18)16(23)20-13-5-9-22(10-6-13)17-21-14-3-1-2-4-15(14)25-17/h1-4,13H,5-12,19H2,(H,20,23). The molecule has 7 heteroatoms. The highest BCUT2D eigenvalue weighted by molar-refractivity contribution is 7.22. The number of nitrogens with one attached hydrogen (secondary N) is 1. The van der Waals surface area contributed by atoms with Crippen molar-refractivity contribution >= 4 is 32.6 Å². The zero-order valence-corrected chi connectivity index (χ0v) is 15.1. The van der Waals surface area contributed by atoms with Gasteiger partial charge in [0.1, 0.15) is 0 Å². The number of carbonyl (C=O) groups excluding carboxylic acids is 1.